The van der Waals surface area contributed by atoms with Crippen LogP contribution in [0.3, 0.4) is 0 Å². The van der Waals surface area contributed by atoms with Crippen molar-refractivity contribution in [1.29, 1.82) is 0 Å². The van der Waals surface area contributed by atoms with Gasteiger partial charge in [0.2, 0.25) is 0 Å². The van der Waals surface area contributed by atoms with Crippen LogP contribution < -0.4 is 9.60 Å². The minimum absolute atomic E-state index is 0.0434. The fourth-order valence-electron chi connectivity index (χ4n) is 1.70. The van der Waals surface area contributed by atoms with Gasteiger partial charge in [-0.15, -0.1) is 0 Å². The molecule has 0 aliphatic carbocycles. The molecule has 19 heavy (non-hydrogen) atoms. The highest BCUT2D eigenvalue weighted by molar-refractivity contribution is 7.91. The van der Waals surface area contributed by atoms with Gasteiger partial charge in [-0.3, -0.25) is 4.79 Å². The molecule has 0 aliphatic heterocycles. The minimum atomic E-state index is -3.78. The van der Waals surface area contributed by atoms with Crippen LogP contribution in [-0.2, 0) is 10.0 Å². The second-order valence-corrected chi connectivity index (χ2v) is 7.93. The van der Waals surface area contributed by atoms with Crippen LogP contribution in [0.5, 0.6) is 0 Å². The molecule has 1 aromatic heterocycles. The maximum atomic E-state index is 12.0. The van der Waals surface area contributed by atoms with Crippen LogP contribution in [0.4, 0.5) is 0 Å². The van der Waals surface area contributed by atoms with Gasteiger partial charge in [0.15, 0.2) is 4.21 Å². The van der Waals surface area contributed by atoms with Crippen molar-refractivity contribution in [2.75, 3.05) is 27.2 Å². The molecule has 3 N–H and O–H groups in total. The summed E-state index contributed by atoms with van der Waals surface area (Å²) in [7, 11) is -0.215. The van der Waals surface area contributed by atoms with E-state index in [1.165, 1.54) is 6.92 Å². The number of thiazole rings is 1. The van der Waals surface area contributed by atoms with E-state index < -0.39 is 20.5 Å². The quantitative estimate of drug-likeness (QED) is 0.647. The number of H-pyrrole nitrogens is 1. The number of nitrogens with zero attached hydrogens (tertiary/aromatic N) is 1. The van der Waals surface area contributed by atoms with Crippen molar-refractivity contribution in [2.24, 2.45) is 0 Å². The van der Waals surface area contributed by atoms with Gasteiger partial charge in [-0.2, -0.15) is 0 Å². The molecular weight excluding hydrogens is 290 g/mol. The third-order valence-electron chi connectivity index (χ3n) is 2.33. The Kier molecular flexibility index (Phi) is 4.91. The van der Waals surface area contributed by atoms with Gasteiger partial charge in [-0.1, -0.05) is 11.3 Å². The highest BCUT2D eigenvalue weighted by atomic mass is 32.2. The molecule has 0 aromatic carbocycles. The molecule has 1 atom stereocenters. The number of aryl methyl sites for hydroxylation is 1. The van der Waals surface area contributed by atoms with E-state index in [1.54, 1.807) is 25.9 Å². The number of aliphatic hydroxyl groups is 1. The van der Waals surface area contributed by atoms with Gasteiger partial charge >= 0.3 is 4.87 Å². The number of nitrogens with one attached hydrogen (secondary N) is 2. The molecule has 0 amide bonds. The molecule has 0 radical (unpaired) electrons. The molecule has 9 heteroatoms. The monoisotopic (exact) mass is 309 g/mol. The zero-order chi connectivity index (χ0) is 14.8. The molecule has 0 spiro atoms. The summed E-state index contributed by atoms with van der Waals surface area (Å²) < 4.78 is 26.3. The summed E-state index contributed by atoms with van der Waals surface area (Å²) in [4.78, 5) is 14.9. The van der Waals surface area contributed by atoms with E-state index in [1.807, 2.05) is 0 Å². The second kappa shape index (κ2) is 5.71. The molecule has 1 aromatic rings. The average molecular weight is 309 g/mol. The standard InChI is InChI=1S/C10H19N3O4S2/c1-7-8(18-9(14)12-7)19(16,17)11-5-10(2,15)6-13(3)4/h11,15H,5-6H2,1-4H3,(H,12,14). The number of hydrogen-bond donors (Lipinski definition) is 3. The van der Waals surface area contributed by atoms with E-state index in [9.17, 15) is 18.3 Å². The Morgan fingerprint density at radius 3 is 2.47 bits per heavy atom. The Labute approximate surface area is 116 Å². The lowest BCUT2D eigenvalue weighted by Gasteiger charge is -2.26. The molecule has 1 heterocycles. The van der Waals surface area contributed by atoms with Crippen molar-refractivity contribution < 1.29 is 13.5 Å². The van der Waals surface area contributed by atoms with Crippen molar-refractivity contribution in [3.05, 3.63) is 15.4 Å². The van der Waals surface area contributed by atoms with E-state index in [-0.39, 0.29) is 10.8 Å². The third kappa shape index (κ3) is 4.69. The first-order valence-corrected chi connectivity index (χ1v) is 7.90. The Hall–Kier alpha value is -0.740. The maximum absolute atomic E-state index is 12.0. The molecule has 0 saturated heterocycles. The number of likely N-dealkylation sites (N-methyl/N-ethyl adjacent to an activating group) is 1. The van der Waals surface area contributed by atoms with Crippen molar-refractivity contribution in [3.63, 3.8) is 0 Å². The van der Waals surface area contributed by atoms with Gasteiger partial charge in [-0.05, 0) is 27.9 Å². The Balaban J connectivity index is 2.82. The van der Waals surface area contributed by atoms with Crippen LogP contribution in [0.15, 0.2) is 9.00 Å². The van der Waals surface area contributed by atoms with Crippen LogP contribution in [0.25, 0.3) is 0 Å². The maximum Gasteiger partial charge on any atom is 0.305 e. The van der Waals surface area contributed by atoms with Crippen LogP contribution in [-0.4, -0.2) is 56.2 Å². The summed E-state index contributed by atoms with van der Waals surface area (Å²) in [5.41, 5.74) is -0.888. The van der Waals surface area contributed by atoms with Crippen LogP contribution >= 0.6 is 11.3 Å². The van der Waals surface area contributed by atoms with E-state index in [0.29, 0.717) is 23.6 Å². The molecule has 1 rings (SSSR count). The number of aromatic amines is 1. The first-order valence-electron chi connectivity index (χ1n) is 5.60. The van der Waals surface area contributed by atoms with Gasteiger partial charge in [0.25, 0.3) is 10.0 Å². The number of aromatic nitrogens is 1. The van der Waals surface area contributed by atoms with Gasteiger partial charge in [0.1, 0.15) is 0 Å². The summed E-state index contributed by atoms with van der Waals surface area (Å²) in [5.74, 6) is 0. The highest BCUT2D eigenvalue weighted by Gasteiger charge is 2.27. The normalized spacial score (nSPS) is 15.7. The molecule has 0 saturated carbocycles. The largest absolute Gasteiger partial charge is 0.387 e. The lowest BCUT2D eigenvalue weighted by atomic mass is 10.1. The number of hydrogen-bond acceptors (Lipinski definition) is 6. The summed E-state index contributed by atoms with van der Waals surface area (Å²) in [6.45, 7) is 3.25. The van der Waals surface area contributed by atoms with Crippen molar-refractivity contribution in [1.82, 2.24) is 14.6 Å². The van der Waals surface area contributed by atoms with E-state index in [4.69, 9.17) is 0 Å². The molecule has 1 unspecified atom stereocenters. The summed E-state index contributed by atoms with van der Waals surface area (Å²) in [6.07, 6.45) is 0. The van der Waals surface area contributed by atoms with Crippen LogP contribution in [0.2, 0.25) is 0 Å². The second-order valence-electron chi connectivity index (χ2n) is 4.99. The summed E-state index contributed by atoms with van der Waals surface area (Å²) in [5, 5.41) is 10.0. The van der Waals surface area contributed by atoms with E-state index >= 15 is 0 Å². The van der Waals surface area contributed by atoms with Crippen molar-refractivity contribution >= 4 is 21.4 Å². The topological polar surface area (TPSA) is 102 Å². The Morgan fingerprint density at radius 1 is 1.47 bits per heavy atom. The third-order valence-corrected chi connectivity index (χ3v) is 5.33. The molecule has 0 bridgehead atoms. The first-order chi connectivity index (χ1) is 8.53. The fourth-order valence-corrected chi connectivity index (χ4v) is 4.21. The van der Waals surface area contributed by atoms with Crippen molar-refractivity contribution in [2.45, 2.75) is 23.7 Å². The van der Waals surface area contributed by atoms with Gasteiger partial charge in [-0.25, -0.2) is 13.1 Å². The fraction of sp³-hybridized carbons (Fsp3) is 0.700. The highest BCUT2D eigenvalue weighted by Crippen LogP contribution is 2.16. The van der Waals surface area contributed by atoms with Gasteiger partial charge in [0.05, 0.1) is 5.60 Å². The first kappa shape index (κ1) is 16.3. The van der Waals surface area contributed by atoms with Crippen LogP contribution in [0.1, 0.15) is 12.6 Å². The zero-order valence-corrected chi connectivity index (χ0v) is 13.0. The smallest absolute Gasteiger partial charge is 0.305 e. The van der Waals surface area contributed by atoms with E-state index in [0.717, 1.165) is 0 Å². The Morgan fingerprint density at radius 2 is 2.05 bits per heavy atom. The molecule has 0 aliphatic rings. The molecular formula is C10H19N3O4S2. The lowest BCUT2D eigenvalue weighted by Crippen LogP contribution is -2.47. The lowest BCUT2D eigenvalue weighted by molar-refractivity contribution is 0.0386. The van der Waals surface area contributed by atoms with E-state index in [2.05, 4.69) is 9.71 Å². The minimum Gasteiger partial charge on any atom is -0.387 e. The van der Waals surface area contributed by atoms with Gasteiger partial charge < -0.3 is 15.0 Å². The zero-order valence-electron chi connectivity index (χ0n) is 11.3. The summed E-state index contributed by atoms with van der Waals surface area (Å²) in [6, 6.07) is 0. The summed E-state index contributed by atoms with van der Waals surface area (Å²) >= 11 is 0.632. The Bertz CT molecular complexity index is 586. The number of sulfonamides is 1. The molecule has 7 nitrogen and oxygen atoms in total. The SMILES string of the molecule is Cc1[nH]c(=O)sc1S(=O)(=O)NCC(C)(O)CN(C)C. The predicted octanol–water partition coefficient (Wildman–Crippen LogP) is -0.664. The van der Waals surface area contributed by atoms with Crippen LogP contribution in [0, 0.1) is 6.92 Å². The molecule has 110 valence electrons. The number of rotatable bonds is 6. The average Bonchev–Trinajstić information content (AvgIpc) is 2.54. The van der Waals surface area contributed by atoms with Gasteiger partial charge in [0, 0.05) is 18.8 Å². The predicted molar refractivity (Wildman–Crippen MR) is 74.0 cm³/mol. The molecule has 0 fully saturated rings. The van der Waals surface area contributed by atoms with Crippen molar-refractivity contribution in [3.8, 4) is 0 Å².